The normalized spacial score (nSPS) is 9.85. The molecule has 7 aromatic rings. The SMILES string of the molecule is CCCCCCCCCCNC(=O)C[n+]1cccc(C(=O)[O-])c1.CCCCN(CCCC)C(=O)C[n+]1cccc(C(=O)[O-])c1.CCCN(CCC)C(=O)C[n+]1cccc(C(=O)[O-])c1.COC(=O)c1ccc[n+](CC(=O)Nc2ccccc2Br)c1.COc1cccc(CNC(=O)C[n+]2cccc(C(=O)[O-])c2)c1.[Br-].[Br-].[Br-].[Br-]. The third-order valence-electron chi connectivity index (χ3n) is 15.6. The lowest BCUT2D eigenvalue weighted by molar-refractivity contribution is -0.685. The number of carboxylic acids is 4. The van der Waals surface area contributed by atoms with Crippen LogP contribution in [0, 0.1) is 0 Å². The Kier molecular flexibility index (Phi) is 57.1. The molecule has 0 bridgehead atoms. The van der Waals surface area contributed by atoms with Gasteiger partial charge in [0.1, 0.15) is 11.3 Å². The number of ether oxygens (including phenoxy) is 2. The molecule has 0 unspecified atom stereocenters. The number of halogens is 5. The minimum atomic E-state index is -1.27. The predicted octanol–water partition coefficient (Wildman–Crippen LogP) is -7.81. The lowest BCUT2D eigenvalue weighted by Crippen LogP contribution is -3.00. The number of methoxy groups -OCH3 is 2. The van der Waals surface area contributed by atoms with Crippen LogP contribution in [0.2, 0.25) is 0 Å². The van der Waals surface area contributed by atoms with E-state index in [-0.39, 0.29) is 152 Å². The Labute approximate surface area is 695 Å². The first-order valence-corrected chi connectivity index (χ1v) is 36.4. The number of aromatic nitrogens is 5. The number of pyridine rings is 5. The Balaban J connectivity index is 0. The molecule has 0 spiro atoms. The molecule has 5 amide bonds. The second-order valence-corrected chi connectivity index (χ2v) is 25.3. The summed E-state index contributed by atoms with van der Waals surface area (Å²) < 4.78 is 18.4. The molecule has 0 aliphatic heterocycles. The fourth-order valence-electron chi connectivity index (χ4n) is 10.1. The summed E-state index contributed by atoms with van der Waals surface area (Å²) >= 11 is 3.37. The lowest BCUT2D eigenvalue weighted by atomic mass is 10.1. The van der Waals surface area contributed by atoms with Crippen LogP contribution in [-0.4, -0.2) is 116 Å². The van der Waals surface area contributed by atoms with Gasteiger partial charge in [0, 0.05) is 74.1 Å². The van der Waals surface area contributed by atoms with Crippen LogP contribution in [0.3, 0.4) is 0 Å². The van der Waals surface area contributed by atoms with Gasteiger partial charge in [-0.25, -0.2) is 4.79 Å². The summed E-state index contributed by atoms with van der Waals surface area (Å²) in [6, 6.07) is 30.2. The Morgan fingerprint density at radius 3 is 1.17 bits per heavy atom. The largest absolute Gasteiger partial charge is 1.00 e. The Morgan fingerprint density at radius 1 is 0.400 bits per heavy atom. The van der Waals surface area contributed by atoms with Gasteiger partial charge in [0.2, 0.25) is 32.7 Å². The van der Waals surface area contributed by atoms with Crippen LogP contribution in [0.4, 0.5) is 5.69 Å². The number of amides is 5. The molecule has 0 saturated carbocycles. The van der Waals surface area contributed by atoms with E-state index in [2.05, 4.69) is 57.4 Å². The van der Waals surface area contributed by atoms with Gasteiger partial charge in [-0.2, -0.15) is 22.8 Å². The van der Waals surface area contributed by atoms with Crippen molar-refractivity contribution in [2.75, 3.05) is 52.3 Å². The molecule has 3 N–H and O–H groups in total. The Hall–Kier alpha value is -8.91. The maximum Gasteiger partial charge on any atom is 0.343 e. The third kappa shape index (κ3) is 43.5. The summed E-state index contributed by atoms with van der Waals surface area (Å²) in [5, 5.41) is 51.6. The van der Waals surface area contributed by atoms with E-state index in [1.54, 1.807) is 110 Å². The first kappa shape index (κ1) is 103. The third-order valence-corrected chi connectivity index (χ3v) is 16.3. The minimum absolute atomic E-state index is 0. The smallest absolute Gasteiger partial charge is 0.343 e. The number of nitrogens with one attached hydrogen (secondary N) is 3. The molecule has 602 valence electrons. The number of nitrogens with zero attached hydrogens (tertiary/aromatic N) is 7. The highest BCUT2D eigenvalue weighted by Crippen LogP contribution is 2.21. The first-order valence-electron chi connectivity index (χ1n) is 35.6. The Morgan fingerprint density at radius 2 is 0.773 bits per heavy atom. The molecule has 31 heteroatoms. The summed E-state index contributed by atoms with van der Waals surface area (Å²) in [5.74, 6) is -5.16. The van der Waals surface area contributed by atoms with Crippen LogP contribution in [0.5, 0.6) is 5.75 Å². The van der Waals surface area contributed by atoms with Gasteiger partial charge >= 0.3 is 5.97 Å². The molecule has 0 aliphatic rings. The van der Waals surface area contributed by atoms with Crippen LogP contribution < -0.4 is 132 Å². The number of carboxylic acid groups (broad SMARTS) is 4. The molecule has 0 radical (unpaired) electrons. The molecule has 110 heavy (non-hydrogen) atoms. The van der Waals surface area contributed by atoms with Gasteiger partial charge in [0.05, 0.1) is 66.0 Å². The number of anilines is 1. The minimum Gasteiger partial charge on any atom is -1.00 e. The molecule has 7 rings (SSSR count). The van der Waals surface area contributed by atoms with E-state index >= 15 is 0 Å². The van der Waals surface area contributed by atoms with Crippen LogP contribution in [0.25, 0.3) is 0 Å². The average molecular weight is 1850 g/mol. The number of benzene rings is 2. The van der Waals surface area contributed by atoms with E-state index in [1.807, 2.05) is 61.2 Å². The fourth-order valence-corrected chi connectivity index (χ4v) is 10.5. The number of carbonyl (C=O) groups is 10. The highest BCUT2D eigenvalue weighted by atomic mass is 79.9. The lowest BCUT2D eigenvalue weighted by Gasteiger charge is -2.21. The van der Waals surface area contributed by atoms with Crippen molar-refractivity contribution in [2.45, 2.75) is 164 Å². The maximum atomic E-state index is 12.3. The van der Waals surface area contributed by atoms with Crippen LogP contribution in [0.15, 0.2) is 176 Å². The zero-order valence-electron chi connectivity index (χ0n) is 63.4. The Bertz CT molecular complexity index is 3920. The molecule has 5 aromatic heterocycles. The fraction of sp³-hybridized carbons (Fsp3) is 0.405. The maximum absolute atomic E-state index is 12.3. The highest BCUT2D eigenvalue weighted by Gasteiger charge is 2.21. The number of para-hydroxylation sites is 1. The van der Waals surface area contributed by atoms with E-state index in [1.165, 1.54) is 99.3 Å². The molecule has 26 nitrogen and oxygen atoms in total. The molecule has 0 atom stereocenters. The number of esters is 1. The van der Waals surface area contributed by atoms with Crippen LogP contribution in [0.1, 0.15) is 182 Å². The van der Waals surface area contributed by atoms with Crippen molar-refractivity contribution in [3.63, 3.8) is 0 Å². The van der Waals surface area contributed by atoms with E-state index in [0.29, 0.717) is 24.3 Å². The number of hydrogen-bond donors (Lipinski definition) is 3. The number of aromatic carboxylic acids is 4. The van der Waals surface area contributed by atoms with E-state index < -0.39 is 29.8 Å². The van der Waals surface area contributed by atoms with Crippen LogP contribution >= 0.6 is 15.9 Å². The number of unbranched alkanes of at least 4 members (excludes halogenated alkanes) is 9. The van der Waals surface area contributed by atoms with Gasteiger partial charge in [-0.3, -0.25) is 24.0 Å². The van der Waals surface area contributed by atoms with Gasteiger partial charge in [-0.15, -0.1) is 0 Å². The summed E-state index contributed by atoms with van der Waals surface area (Å²) in [6.45, 7) is 15.1. The van der Waals surface area contributed by atoms with Crippen LogP contribution in [-0.2, 0) is 68.0 Å². The van der Waals surface area contributed by atoms with Gasteiger partial charge in [0.25, 0.3) is 29.5 Å². The summed E-state index contributed by atoms with van der Waals surface area (Å²) in [6.07, 6.45) is 31.3. The molecular formula is C79H102Br5N10O16-3. The molecule has 0 saturated heterocycles. The van der Waals surface area contributed by atoms with Gasteiger partial charge in [0.15, 0.2) is 62.0 Å². The number of rotatable bonds is 38. The quantitative estimate of drug-likeness (QED) is 0.0184. The average Bonchev–Trinajstić information content (AvgIpc) is 0.873. The van der Waals surface area contributed by atoms with Crippen molar-refractivity contribution in [3.8, 4) is 5.75 Å². The summed E-state index contributed by atoms with van der Waals surface area (Å²) in [5.41, 5.74) is 2.28. The van der Waals surface area contributed by atoms with Gasteiger partial charge in [-0.1, -0.05) is 117 Å². The molecular weight excluding hydrogens is 1740 g/mol. The second kappa shape index (κ2) is 60.8. The summed E-state index contributed by atoms with van der Waals surface area (Å²) in [4.78, 5) is 118. The summed E-state index contributed by atoms with van der Waals surface area (Å²) in [7, 11) is 2.90. The van der Waals surface area contributed by atoms with Crippen molar-refractivity contribution in [1.29, 1.82) is 0 Å². The van der Waals surface area contributed by atoms with Crippen molar-refractivity contribution in [2.24, 2.45) is 0 Å². The van der Waals surface area contributed by atoms with E-state index in [4.69, 9.17) is 4.74 Å². The highest BCUT2D eigenvalue weighted by molar-refractivity contribution is 9.10. The van der Waals surface area contributed by atoms with E-state index in [0.717, 1.165) is 93.3 Å². The second-order valence-electron chi connectivity index (χ2n) is 24.4. The predicted molar refractivity (Wildman–Crippen MR) is 389 cm³/mol. The van der Waals surface area contributed by atoms with Crippen molar-refractivity contribution >= 4 is 81.0 Å². The first-order chi connectivity index (χ1) is 51.0. The topological polar surface area (TPSA) is 343 Å². The number of hydrogen-bond acceptors (Lipinski definition) is 16. The molecule has 2 aromatic carbocycles. The van der Waals surface area contributed by atoms with Crippen molar-refractivity contribution in [1.82, 2.24) is 20.4 Å². The van der Waals surface area contributed by atoms with Gasteiger partial charge < -0.3 is 143 Å². The van der Waals surface area contributed by atoms with Crippen molar-refractivity contribution in [3.05, 3.63) is 209 Å². The molecule has 5 heterocycles. The van der Waals surface area contributed by atoms with Crippen molar-refractivity contribution < 1.29 is 169 Å². The molecule has 0 fully saturated rings. The zero-order valence-corrected chi connectivity index (χ0v) is 71.3. The zero-order chi connectivity index (χ0) is 78.0. The number of carbonyl (C=O) groups excluding carboxylic acids is 10. The molecule has 0 aliphatic carbocycles. The van der Waals surface area contributed by atoms with E-state index in [9.17, 15) is 68.4 Å². The monoisotopic (exact) mass is 1840 g/mol. The van der Waals surface area contributed by atoms with Gasteiger partial charge in [-0.05, 0) is 108 Å². The standard InChI is InChI=1S/C18H28N2O3.C16H16N2O4.C16H24N2O3.C15H13BrN2O3.C14H20N2O3.4BrH/c1-2-3-4-5-6-7-8-9-12-19-17(21)15-20-13-10-11-16(14-20)18(22)23;1-22-14-6-2-4-12(8-14)9-17-15(19)11-18-7-3-5-13(10-18)16(20)21;1-3-5-10-18(11-6-4-2)15(19)13-17-9-7-8-14(12-17)16(20)21;1-21-15(20)11-5-4-8-18(9-11)10-14(19)17-13-7-3-2-6-12(13)16;1-3-7-16(8-4-2)13(17)11-15-9-5-6-12(10-15)14(18)19;;;;/h10-11,13-14H,2-9,12,15H2,1H3,(H-,19,21,22,23);2-8,10H,9,11H2,1H3,(H-,17,19,20,21);7-9,12H,3-6,10-11,13H2,1-2H3;2-9H,10H2,1H3;5-6,9-10H,3-4,7-8,11H2,1-2H3;4*1H/p-3.